The van der Waals surface area contributed by atoms with Crippen molar-refractivity contribution >= 4 is 11.6 Å². The highest BCUT2D eigenvalue weighted by Gasteiger charge is 2.23. The summed E-state index contributed by atoms with van der Waals surface area (Å²) in [4.78, 5) is 14.5. The molecule has 1 aliphatic rings. The highest BCUT2D eigenvalue weighted by molar-refractivity contribution is 5.96. The van der Waals surface area contributed by atoms with Crippen LogP contribution in [0.4, 0.5) is 5.69 Å². The van der Waals surface area contributed by atoms with E-state index in [1.165, 1.54) is 19.3 Å². The van der Waals surface area contributed by atoms with Gasteiger partial charge in [-0.2, -0.15) is 0 Å². The van der Waals surface area contributed by atoms with Crippen molar-refractivity contribution in [2.24, 2.45) is 0 Å². The van der Waals surface area contributed by atoms with Gasteiger partial charge in [0.1, 0.15) is 0 Å². The highest BCUT2D eigenvalue weighted by atomic mass is 16.2. The maximum atomic E-state index is 12.6. The molecule has 19 heavy (non-hydrogen) atoms. The Morgan fingerprint density at radius 3 is 2.53 bits per heavy atom. The van der Waals surface area contributed by atoms with Gasteiger partial charge in [0.25, 0.3) is 5.91 Å². The summed E-state index contributed by atoms with van der Waals surface area (Å²) in [5, 5.41) is 3.10. The average Bonchev–Trinajstić information content (AvgIpc) is 2.46. The second kappa shape index (κ2) is 6.09. The molecule has 0 aliphatic heterocycles. The van der Waals surface area contributed by atoms with Gasteiger partial charge in [0, 0.05) is 31.4 Å². The van der Waals surface area contributed by atoms with E-state index < -0.39 is 0 Å². The van der Waals surface area contributed by atoms with Crippen LogP contribution in [0.5, 0.6) is 0 Å². The molecule has 3 heteroatoms. The maximum absolute atomic E-state index is 12.6. The van der Waals surface area contributed by atoms with Crippen LogP contribution in [0.1, 0.15) is 48.0 Å². The second-order valence-electron chi connectivity index (χ2n) is 5.49. The third kappa shape index (κ3) is 3.09. The molecule has 0 atom stereocenters. The number of benzene rings is 1. The Bertz CT molecular complexity index is 450. The van der Waals surface area contributed by atoms with Crippen molar-refractivity contribution in [2.75, 3.05) is 19.4 Å². The quantitative estimate of drug-likeness (QED) is 0.903. The molecular weight excluding hydrogens is 236 g/mol. The van der Waals surface area contributed by atoms with Crippen LogP contribution in [-0.4, -0.2) is 30.9 Å². The third-order valence-corrected chi connectivity index (χ3v) is 4.19. The molecule has 1 saturated carbocycles. The molecule has 0 heterocycles. The van der Waals surface area contributed by atoms with Crippen molar-refractivity contribution in [3.8, 4) is 0 Å². The van der Waals surface area contributed by atoms with Gasteiger partial charge >= 0.3 is 0 Å². The molecule has 1 aromatic carbocycles. The Kier molecular flexibility index (Phi) is 4.46. The summed E-state index contributed by atoms with van der Waals surface area (Å²) in [5.74, 6) is 0.159. The number of nitrogens with one attached hydrogen (secondary N) is 1. The Labute approximate surface area is 116 Å². The van der Waals surface area contributed by atoms with E-state index in [0.717, 1.165) is 29.7 Å². The summed E-state index contributed by atoms with van der Waals surface area (Å²) in [6.45, 7) is 2.00. The van der Waals surface area contributed by atoms with Crippen molar-refractivity contribution in [3.05, 3.63) is 29.3 Å². The lowest BCUT2D eigenvalue weighted by atomic mass is 9.94. The largest absolute Gasteiger partial charge is 0.388 e. The van der Waals surface area contributed by atoms with Gasteiger partial charge in [0.15, 0.2) is 0 Å². The lowest BCUT2D eigenvalue weighted by molar-refractivity contribution is 0.0695. The number of nitrogens with zero attached hydrogens (tertiary/aromatic N) is 1. The molecule has 1 N–H and O–H groups in total. The SMILES string of the molecule is CNc1ccc(C(=O)N(C)C2CCCCC2)c(C)c1. The fourth-order valence-corrected chi connectivity index (χ4v) is 2.88. The van der Waals surface area contributed by atoms with Crippen molar-refractivity contribution in [3.63, 3.8) is 0 Å². The molecule has 1 amide bonds. The van der Waals surface area contributed by atoms with E-state index in [9.17, 15) is 4.79 Å². The van der Waals surface area contributed by atoms with Gasteiger partial charge in [-0.25, -0.2) is 0 Å². The fourth-order valence-electron chi connectivity index (χ4n) is 2.88. The van der Waals surface area contributed by atoms with Crippen LogP contribution in [0.3, 0.4) is 0 Å². The summed E-state index contributed by atoms with van der Waals surface area (Å²) >= 11 is 0. The third-order valence-electron chi connectivity index (χ3n) is 4.19. The van der Waals surface area contributed by atoms with E-state index >= 15 is 0 Å². The summed E-state index contributed by atoms with van der Waals surface area (Å²) in [5.41, 5.74) is 2.92. The number of aryl methyl sites for hydroxylation is 1. The first-order valence-electron chi connectivity index (χ1n) is 7.19. The number of anilines is 1. The molecule has 0 radical (unpaired) electrons. The molecule has 0 spiro atoms. The van der Waals surface area contributed by atoms with Crippen LogP contribution in [0.2, 0.25) is 0 Å². The van der Waals surface area contributed by atoms with Gasteiger partial charge in [-0.15, -0.1) is 0 Å². The Morgan fingerprint density at radius 2 is 1.95 bits per heavy atom. The molecule has 1 fully saturated rings. The summed E-state index contributed by atoms with van der Waals surface area (Å²) < 4.78 is 0. The number of carbonyl (C=O) groups is 1. The molecule has 3 nitrogen and oxygen atoms in total. The minimum atomic E-state index is 0.159. The molecule has 1 aliphatic carbocycles. The van der Waals surface area contributed by atoms with Crippen LogP contribution in [0.15, 0.2) is 18.2 Å². The van der Waals surface area contributed by atoms with E-state index in [-0.39, 0.29) is 5.91 Å². The molecule has 2 rings (SSSR count). The molecule has 0 aromatic heterocycles. The number of amides is 1. The molecule has 0 saturated heterocycles. The van der Waals surface area contributed by atoms with Gasteiger partial charge in [-0.1, -0.05) is 19.3 Å². The summed E-state index contributed by atoms with van der Waals surface area (Å²) in [6, 6.07) is 6.35. The molecule has 104 valence electrons. The minimum absolute atomic E-state index is 0.159. The molecule has 0 bridgehead atoms. The van der Waals surface area contributed by atoms with Crippen LogP contribution in [0.25, 0.3) is 0 Å². The van der Waals surface area contributed by atoms with Gasteiger partial charge in [0.2, 0.25) is 0 Å². The maximum Gasteiger partial charge on any atom is 0.254 e. The lowest BCUT2D eigenvalue weighted by Gasteiger charge is -2.31. The predicted octanol–water partition coefficient (Wildman–Crippen LogP) is 3.44. The number of rotatable bonds is 3. The first kappa shape index (κ1) is 13.9. The zero-order valence-corrected chi connectivity index (χ0v) is 12.2. The Hall–Kier alpha value is -1.51. The van der Waals surface area contributed by atoms with Gasteiger partial charge in [0.05, 0.1) is 0 Å². The smallest absolute Gasteiger partial charge is 0.254 e. The van der Waals surface area contributed by atoms with E-state index in [1.54, 1.807) is 0 Å². The van der Waals surface area contributed by atoms with Crippen molar-refractivity contribution in [1.29, 1.82) is 0 Å². The molecule has 1 aromatic rings. The zero-order valence-electron chi connectivity index (χ0n) is 12.2. The number of hydrogen-bond acceptors (Lipinski definition) is 2. The summed E-state index contributed by atoms with van der Waals surface area (Å²) in [6.07, 6.45) is 6.11. The van der Waals surface area contributed by atoms with E-state index in [1.807, 2.05) is 44.1 Å². The average molecular weight is 260 g/mol. The van der Waals surface area contributed by atoms with Gasteiger partial charge in [-0.05, 0) is 43.5 Å². The Morgan fingerprint density at radius 1 is 1.26 bits per heavy atom. The van der Waals surface area contributed by atoms with Crippen LogP contribution in [-0.2, 0) is 0 Å². The second-order valence-corrected chi connectivity index (χ2v) is 5.49. The van der Waals surface area contributed by atoms with E-state index in [2.05, 4.69) is 5.32 Å². The van der Waals surface area contributed by atoms with Crippen molar-refractivity contribution in [1.82, 2.24) is 4.90 Å². The normalized spacial score (nSPS) is 16.2. The summed E-state index contributed by atoms with van der Waals surface area (Å²) in [7, 11) is 3.84. The number of hydrogen-bond donors (Lipinski definition) is 1. The van der Waals surface area contributed by atoms with Crippen LogP contribution in [0, 0.1) is 6.92 Å². The first-order valence-corrected chi connectivity index (χ1v) is 7.19. The zero-order chi connectivity index (χ0) is 13.8. The predicted molar refractivity (Wildman–Crippen MR) is 79.7 cm³/mol. The van der Waals surface area contributed by atoms with E-state index in [4.69, 9.17) is 0 Å². The van der Waals surface area contributed by atoms with Crippen LogP contribution >= 0.6 is 0 Å². The lowest BCUT2D eigenvalue weighted by Crippen LogP contribution is -2.38. The van der Waals surface area contributed by atoms with Crippen LogP contribution < -0.4 is 5.32 Å². The van der Waals surface area contributed by atoms with E-state index in [0.29, 0.717) is 6.04 Å². The van der Waals surface area contributed by atoms with Crippen molar-refractivity contribution < 1.29 is 4.79 Å². The monoisotopic (exact) mass is 260 g/mol. The minimum Gasteiger partial charge on any atom is -0.388 e. The number of carbonyl (C=O) groups excluding carboxylic acids is 1. The van der Waals surface area contributed by atoms with Crippen molar-refractivity contribution in [2.45, 2.75) is 45.1 Å². The van der Waals surface area contributed by atoms with Gasteiger partial charge < -0.3 is 10.2 Å². The first-order chi connectivity index (χ1) is 9.13. The fraction of sp³-hybridized carbons (Fsp3) is 0.562. The molecule has 0 unspecified atom stereocenters. The van der Waals surface area contributed by atoms with Gasteiger partial charge in [-0.3, -0.25) is 4.79 Å². The topological polar surface area (TPSA) is 32.3 Å². The highest BCUT2D eigenvalue weighted by Crippen LogP contribution is 2.24. The standard InChI is InChI=1S/C16H24N2O/c1-12-11-13(17-2)9-10-15(12)16(19)18(3)14-7-5-4-6-8-14/h9-11,14,17H,4-8H2,1-3H3. The Balaban J connectivity index is 2.14. The molecular formula is C16H24N2O.